The maximum atomic E-state index is 12.3. The molecule has 0 fully saturated rings. The molecule has 2 aromatic rings. The number of sulfonamides is 1. The van der Waals surface area contributed by atoms with Gasteiger partial charge in [-0.3, -0.25) is 10.6 Å². The first-order valence-electron chi connectivity index (χ1n) is 7.45. The van der Waals surface area contributed by atoms with Gasteiger partial charge in [0.2, 0.25) is 10.0 Å². The summed E-state index contributed by atoms with van der Waals surface area (Å²) in [5.41, 5.74) is 0.863. The van der Waals surface area contributed by atoms with E-state index in [4.69, 9.17) is 0 Å². The molecule has 130 valence electrons. The Bertz CT molecular complexity index is 828. The second-order valence-electron chi connectivity index (χ2n) is 5.62. The Hall–Kier alpha value is -1.49. The Morgan fingerprint density at radius 1 is 1.38 bits per heavy atom. The number of thiophene rings is 1. The van der Waals surface area contributed by atoms with Gasteiger partial charge in [-0.15, -0.1) is 11.3 Å². The van der Waals surface area contributed by atoms with Crippen molar-refractivity contribution in [2.45, 2.75) is 32.1 Å². The SMILES string of the molecule is CC(C)S(=O)(=O)N1CCc2nc(NC(=O)Nc3cccs3)sc2C1. The third-order valence-corrected chi connectivity index (χ3v) is 7.64. The number of amides is 2. The molecule has 0 aromatic carbocycles. The van der Waals surface area contributed by atoms with Gasteiger partial charge in [0.05, 0.1) is 15.9 Å². The maximum Gasteiger partial charge on any atom is 0.326 e. The van der Waals surface area contributed by atoms with Gasteiger partial charge >= 0.3 is 6.03 Å². The number of carbonyl (C=O) groups is 1. The largest absolute Gasteiger partial charge is 0.326 e. The summed E-state index contributed by atoms with van der Waals surface area (Å²) in [5.74, 6) is 0. The molecule has 2 N–H and O–H groups in total. The molecule has 7 nitrogen and oxygen atoms in total. The lowest BCUT2D eigenvalue weighted by molar-refractivity contribution is 0.262. The number of fused-ring (bicyclic) bond motifs is 1. The molecule has 0 saturated carbocycles. The third kappa shape index (κ3) is 3.61. The fraction of sp³-hybridized carbons (Fsp3) is 0.429. The van der Waals surface area contributed by atoms with E-state index in [2.05, 4.69) is 15.6 Å². The van der Waals surface area contributed by atoms with Crippen molar-refractivity contribution in [1.82, 2.24) is 9.29 Å². The number of aromatic nitrogens is 1. The fourth-order valence-corrected chi connectivity index (χ4v) is 5.29. The zero-order chi connectivity index (χ0) is 17.3. The molecule has 0 aliphatic carbocycles. The highest BCUT2D eigenvalue weighted by molar-refractivity contribution is 7.89. The molecular formula is C14H18N4O3S3. The number of hydrogen-bond donors (Lipinski definition) is 2. The lowest BCUT2D eigenvalue weighted by Crippen LogP contribution is -2.39. The highest BCUT2D eigenvalue weighted by Gasteiger charge is 2.31. The second kappa shape index (κ2) is 6.79. The van der Waals surface area contributed by atoms with Crippen LogP contribution in [0.25, 0.3) is 0 Å². The van der Waals surface area contributed by atoms with Gasteiger partial charge in [0.15, 0.2) is 5.13 Å². The molecule has 1 aliphatic rings. The van der Waals surface area contributed by atoms with E-state index in [-0.39, 0.29) is 6.03 Å². The molecule has 2 amide bonds. The van der Waals surface area contributed by atoms with E-state index in [0.29, 0.717) is 24.6 Å². The Balaban J connectivity index is 1.68. The van der Waals surface area contributed by atoms with E-state index < -0.39 is 15.3 Å². The van der Waals surface area contributed by atoms with Crippen molar-refractivity contribution in [3.63, 3.8) is 0 Å². The van der Waals surface area contributed by atoms with Gasteiger partial charge in [0.25, 0.3) is 0 Å². The van der Waals surface area contributed by atoms with Crippen molar-refractivity contribution in [3.05, 3.63) is 28.1 Å². The zero-order valence-electron chi connectivity index (χ0n) is 13.3. The summed E-state index contributed by atoms with van der Waals surface area (Å²) >= 11 is 2.75. The van der Waals surface area contributed by atoms with Gasteiger partial charge < -0.3 is 0 Å². The third-order valence-electron chi connectivity index (χ3n) is 3.63. The molecule has 0 saturated heterocycles. The number of anilines is 2. The van der Waals surface area contributed by atoms with Crippen LogP contribution in [0.4, 0.5) is 14.9 Å². The van der Waals surface area contributed by atoms with Crippen LogP contribution in [0.3, 0.4) is 0 Å². The number of nitrogens with one attached hydrogen (secondary N) is 2. The van der Waals surface area contributed by atoms with Gasteiger partial charge in [-0.05, 0) is 31.4 Å². The van der Waals surface area contributed by atoms with Crippen LogP contribution >= 0.6 is 22.7 Å². The molecule has 0 radical (unpaired) electrons. The first-order valence-corrected chi connectivity index (χ1v) is 10.6. The van der Waals surface area contributed by atoms with Gasteiger partial charge in [-0.25, -0.2) is 18.2 Å². The summed E-state index contributed by atoms with van der Waals surface area (Å²) in [6, 6.07) is 3.31. The minimum atomic E-state index is -3.28. The van der Waals surface area contributed by atoms with Crippen LogP contribution in [0, 0.1) is 0 Å². The smallest absolute Gasteiger partial charge is 0.299 e. The van der Waals surface area contributed by atoms with Crippen molar-refractivity contribution < 1.29 is 13.2 Å². The first-order chi connectivity index (χ1) is 11.4. The number of carbonyl (C=O) groups excluding carboxylic acids is 1. The average molecular weight is 387 g/mol. The van der Waals surface area contributed by atoms with Gasteiger partial charge in [0, 0.05) is 24.4 Å². The standard InChI is InChI=1S/C14H18N4O3S3/c1-9(2)24(20,21)18-6-5-10-11(8-18)23-14(15-10)17-13(19)16-12-4-3-7-22-12/h3-4,7,9H,5-6,8H2,1-2H3,(H2,15,16,17,19). The molecular weight excluding hydrogens is 368 g/mol. The van der Waals surface area contributed by atoms with E-state index in [0.717, 1.165) is 15.6 Å². The van der Waals surface area contributed by atoms with Crippen molar-refractivity contribution in [3.8, 4) is 0 Å². The summed E-state index contributed by atoms with van der Waals surface area (Å²) in [7, 11) is -3.28. The van der Waals surface area contributed by atoms with Crippen molar-refractivity contribution in [2.24, 2.45) is 0 Å². The molecule has 0 atom stereocenters. The van der Waals surface area contributed by atoms with Crippen molar-refractivity contribution >= 4 is 48.9 Å². The Kier molecular flexibility index (Phi) is 4.90. The van der Waals surface area contributed by atoms with Gasteiger partial charge in [0.1, 0.15) is 0 Å². The Morgan fingerprint density at radius 2 is 2.17 bits per heavy atom. The highest BCUT2D eigenvalue weighted by Crippen LogP contribution is 2.30. The number of thiazole rings is 1. The minimum Gasteiger partial charge on any atom is -0.299 e. The predicted molar refractivity (Wildman–Crippen MR) is 97.2 cm³/mol. The minimum absolute atomic E-state index is 0.321. The predicted octanol–water partition coefficient (Wildman–Crippen LogP) is 2.94. The van der Waals surface area contributed by atoms with Crippen LogP contribution in [0.15, 0.2) is 17.5 Å². The molecule has 24 heavy (non-hydrogen) atoms. The molecule has 1 aliphatic heterocycles. The van der Waals surface area contributed by atoms with Crippen LogP contribution in [0.2, 0.25) is 0 Å². The molecule has 3 rings (SSSR count). The molecule has 0 unspecified atom stereocenters. The first kappa shape index (κ1) is 17.3. The molecule has 10 heteroatoms. The normalized spacial score (nSPS) is 15.3. The summed E-state index contributed by atoms with van der Waals surface area (Å²) < 4.78 is 26.1. The molecule has 0 bridgehead atoms. The van der Waals surface area contributed by atoms with E-state index in [1.807, 2.05) is 17.5 Å². The molecule has 3 heterocycles. The summed E-state index contributed by atoms with van der Waals surface area (Å²) in [4.78, 5) is 17.2. The summed E-state index contributed by atoms with van der Waals surface area (Å²) in [5, 5.41) is 8.11. The number of urea groups is 1. The van der Waals surface area contributed by atoms with E-state index in [1.165, 1.54) is 27.0 Å². The van der Waals surface area contributed by atoms with Crippen LogP contribution in [-0.2, 0) is 23.0 Å². The molecule has 0 spiro atoms. The summed E-state index contributed by atoms with van der Waals surface area (Å²) in [6.07, 6.45) is 0.562. The van der Waals surface area contributed by atoms with Crippen LogP contribution in [0.5, 0.6) is 0 Å². The van der Waals surface area contributed by atoms with Crippen molar-refractivity contribution in [1.29, 1.82) is 0 Å². The van der Waals surface area contributed by atoms with Crippen LogP contribution in [-0.4, -0.2) is 35.5 Å². The maximum absolute atomic E-state index is 12.3. The Morgan fingerprint density at radius 3 is 2.83 bits per heavy atom. The van der Waals surface area contributed by atoms with Crippen LogP contribution < -0.4 is 10.6 Å². The fourth-order valence-electron chi connectivity index (χ4n) is 2.33. The molecule has 2 aromatic heterocycles. The van der Waals surface area contributed by atoms with Gasteiger partial charge in [-0.2, -0.15) is 4.31 Å². The van der Waals surface area contributed by atoms with Crippen LogP contribution in [0.1, 0.15) is 24.4 Å². The lowest BCUT2D eigenvalue weighted by atomic mass is 10.2. The number of rotatable bonds is 4. The highest BCUT2D eigenvalue weighted by atomic mass is 32.2. The quantitative estimate of drug-likeness (QED) is 0.845. The van der Waals surface area contributed by atoms with Gasteiger partial charge in [-0.1, -0.05) is 11.3 Å². The second-order valence-corrected chi connectivity index (χ2v) is 10.1. The van der Waals surface area contributed by atoms with E-state index >= 15 is 0 Å². The number of nitrogens with zero attached hydrogens (tertiary/aromatic N) is 2. The summed E-state index contributed by atoms with van der Waals surface area (Å²) in [6.45, 7) is 4.11. The van der Waals surface area contributed by atoms with E-state index in [9.17, 15) is 13.2 Å². The zero-order valence-corrected chi connectivity index (χ0v) is 15.7. The Labute approximate surface area is 148 Å². The van der Waals surface area contributed by atoms with Crippen molar-refractivity contribution in [2.75, 3.05) is 17.2 Å². The number of hydrogen-bond acceptors (Lipinski definition) is 6. The van der Waals surface area contributed by atoms with E-state index in [1.54, 1.807) is 13.8 Å². The lowest BCUT2D eigenvalue weighted by Gasteiger charge is -2.26. The monoisotopic (exact) mass is 386 g/mol. The topological polar surface area (TPSA) is 91.4 Å². The average Bonchev–Trinajstić information content (AvgIpc) is 3.14.